The van der Waals surface area contributed by atoms with Gasteiger partial charge in [0.05, 0.1) is 6.54 Å². The molecule has 1 N–H and O–H groups in total. The summed E-state index contributed by atoms with van der Waals surface area (Å²) >= 11 is 0. The zero-order chi connectivity index (χ0) is 12.0. The molecule has 0 aromatic heterocycles. The highest BCUT2D eigenvalue weighted by Crippen LogP contribution is 2.24. The van der Waals surface area contributed by atoms with Gasteiger partial charge in [-0.05, 0) is 37.6 Å². The number of amides is 1. The number of hydrogen-bond acceptors (Lipinski definition) is 2. The summed E-state index contributed by atoms with van der Waals surface area (Å²) < 4.78 is 0. The van der Waals surface area contributed by atoms with Crippen molar-refractivity contribution < 1.29 is 4.79 Å². The van der Waals surface area contributed by atoms with Crippen LogP contribution in [0, 0.1) is 11.8 Å². The summed E-state index contributed by atoms with van der Waals surface area (Å²) in [5.41, 5.74) is 0. The minimum Gasteiger partial charge on any atom is -0.342 e. The van der Waals surface area contributed by atoms with E-state index in [9.17, 15) is 4.79 Å². The van der Waals surface area contributed by atoms with Crippen molar-refractivity contribution in [2.75, 3.05) is 26.2 Å². The van der Waals surface area contributed by atoms with Crippen molar-refractivity contribution in [2.24, 2.45) is 11.8 Å². The summed E-state index contributed by atoms with van der Waals surface area (Å²) in [5.74, 6) is 1.83. The van der Waals surface area contributed by atoms with Crippen molar-refractivity contribution >= 4 is 5.91 Å². The molecule has 1 saturated heterocycles. The van der Waals surface area contributed by atoms with Crippen LogP contribution in [0.1, 0.15) is 40.0 Å². The molecule has 3 heteroatoms. The Morgan fingerprint density at radius 2 is 2.12 bits per heavy atom. The molecule has 0 spiro atoms. The van der Waals surface area contributed by atoms with E-state index in [0.29, 0.717) is 6.54 Å². The topological polar surface area (TPSA) is 32.3 Å². The van der Waals surface area contributed by atoms with Gasteiger partial charge < -0.3 is 10.2 Å². The summed E-state index contributed by atoms with van der Waals surface area (Å²) in [6.45, 7) is 9.89. The molecule has 3 nitrogen and oxygen atoms in total. The molecule has 0 bridgehead atoms. The molecular formula is C13H26N2O. The van der Waals surface area contributed by atoms with Gasteiger partial charge in [0.25, 0.3) is 0 Å². The van der Waals surface area contributed by atoms with Gasteiger partial charge in [-0.3, -0.25) is 4.79 Å². The van der Waals surface area contributed by atoms with Gasteiger partial charge >= 0.3 is 0 Å². The van der Waals surface area contributed by atoms with E-state index < -0.39 is 0 Å². The third kappa shape index (κ3) is 4.12. The van der Waals surface area contributed by atoms with Crippen molar-refractivity contribution in [3.63, 3.8) is 0 Å². The normalized spacial score (nSPS) is 22.2. The van der Waals surface area contributed by atoms with Crippen LogP contribution in [0.4, 0.5) is 0 Å². The minimum absolute atomic E-state index is 0.270. The monoisotopic (exact) mass is 226 g/mol. The second-order valence-corrected chi connectivity index (χ2v) is 5.10. The standard InChI is InChI=1S/C13H26N2O/c1-4-14-10-13(16)15-8-5-6-12(7-9-15)11(2)3/h11-12,14H,4-10H2,1-3H3. The molecule has 0 radical (unpaired) electrons. The van der Waals surface area contributed by atoms with Crippen molar-refractivity contribution in [1.82, 2.24) is 10.2 Å². The van der Waals surface area contributed by atoms with Gasteiger partial charge in [0.2, 0.25) is 5.91 Å². The van der Waals surface area contributed by atoms with Gasteiger partial charge in [-0.15, -0.1) is 0 Å². The molecule has 1 unspecified atom stereocenters. The fourth-order valence-electron chi connectivity index (χ4n) is 2.38. The van der Waals surface area contributed by atoms with Crippen LogP contribution in [0.5, 0.6) is 0 Å². The Kier molecular flexibility index (Phi) is 5.81. The molecule has 1 fully saturated rings. The number of likely N-dealkylation sites (tertiary alicyclic amines) is 1. The molecule has 94 valence electrons. The molecule has 1 amide bonds. The first-order valence-corrected chi connectivity index (χ1v) is 6.63. The lowest BCUT2D eigenvalue weighted by atomic mass is 9.89. The smallest absolute Gasteiger partial charge is 0.236 e. The SMILES string of the molecule is CCNCC(=O)N1CCCC(C(C)C)CC1. The van der Waals surface area contributed by atoms with E-state index in [0.717, 1.165) is 31.5 Å². The third-order valence-corrected chi connectivity index (χ3v) is 3.59. The fraction of sp³-hybridized carbons (Fsp3) is 0.923. The number of hydrogen-bond donors (Lipinski definition) is 1. The summed E-state index contributed by atoms with van der Waals surface area (Å²) in [6, 6.07) is 0. The van der Waals surface area contributed by atoms with Crippen molar-refractivity contribution in [1.29, 1.82) is 0 Å². The Balaban J connectivity index is 2.37. The average Bonchev–Trinajstić information content (AvgIpc) is 2.51. The van der Waals surface area contributed by atoms with E-state index in [1.54, 1.807) is 0 Å². The number of carbonyl (C=O) groups is 1. The lowest BCUT2D eigenvalue weighted by molar-refractivity contribution is -0.130. The van der Waals surface area contributed by atoms with Crippen LogP contribution in [0.3, 0.4) is 0 Å². The number of carbonyl (C=O) groups excluding carboxylic acids is 1. The van der Waals surface area contributed by atoms with Crippen molar-refractivity contribution in [2.45, 2.75) is 40.0 Å². The second kappa shape index (κ2) is 6.89. The lowest BCUT2D eigenvalue weighted by Gasteiger charge is -2.21. The first kappa shape index (κ1) is 13.5. The van der Waals surface area contributed by atoms with E-state index in [-0.39, 0.29) is 5.91 Å². The fourth-order valence-corrected chi connectivity index (χ4v) is 2.38. The molecule has 1 aliphatic heterocycles. The zero-order valence-electron chi connectivity index (χ0n) is 11.0. The van der Waals surface area contributed by atoms with E-state index in [2.05, 4.69) is 19.2 Å². The predicted molar refractivity (Wildman–Crippen MR) is 67.3 cm³/mol. The van der Waals surface area contributed by atoms with E-state index in [4.69, 9.17) is 0 Å². The highest BCUT2D eigenvalue weighted by Gasteiger charge is 2.21. The molecule has 1 aliphatic rings. The summed E-state index contributed by atoms with van der Waals surface area (Å²) in [6.07, 6.45) is 3.62. The van der Waals surface area contributed by atoms with Crippen LogP contribution in [-0.2, 0) is 4.79 Å². The Labute approximate surface area is 99.6 Å². The number of likely N-dealkylation sites (N-methyl/N-ethyl adjacent to an activating group) is 1. The van der Waals surface area contributed by atoms with Crippen LogP contribution in [0.25, 0.3) is 0 Å². The van der Waals surface area contributed by atoms with Crippen LogP contribution in [0.2, 0.25) is 0 Å². The summed E-state index contributed by atoms with van der Waals surface area (Å²) in [4.78, 5) is 13.9. The van der Waals surface area contributed by atoms with Gasteiger partial charge in [-0.2, -0.15) is 0 Å². The molecule has 0 aromatic carbocycles. The van der Waals surface area contributed by atoms with Gasteiger partial charge in [0.15, 0.2) is 0 Å². The second-order valence-electron chi connectivity index (χ2n) is 5.10. The first-order chi connectivity index (χ1) is 7.65. The van der Waals surface area contributed by atoms with Gasteiger partial charge in [0.1, 0.15) is 0 Å². The van der Waals surface area contributed by atoms with E-state index in [1.165, 1.54) is 19.3 Å². The van der Waals surface area contributed by atoms with E-state index >= 15 is 0 Å². The number of rotatable bonds is 4. The molecule has 16 heavy (non-hydrogen) atoms. The maximum atomic E-state index is 11.8. The van der Waals surface area contributed by atoms with Gasteiger partial charge in [-0.25, -0.2) is 0 Å². The minimum atomic E-state index is 0.270. The van der Waals surface area contributed by atoms with E-state index in [1.807, 2.05) is 11.8 Å². The first-order valence-electron chi connectivity index (χ1n) is 6.63. The molecule has 1 atom stereocenters. The van der Waals surface area contributed by atoms with Crippen LogP contribution < -0.4 is 5.32 Å². The lowest BCUT2D eigenvalue weighted by Crippen LogP contribution is -2.38. The van der Waals surface area contributed by atoms with Crippen LogP contribution in [-0.4, -0.2) is 37.0 Å². The molecule has 0 aliphatic carbocycles. The largest absolute Gasteiger partial charge is 0.342 e. The molecule has 1 rings (SSSR count). The van der Waals surface area contributed by atoms with Gasteiger partial charge in [-0.1, -0.05) is 20.8 Å². The summed E-state index contributed by atoms with van der Waals surface area (Å²) in [5, 5.41) is 3.11. The van der Waals surface area contributed by atoms with Crippen molar-refractivity contribution in [3.8, 4) is 0 Å². The zero-order valence-corrected chi connectivity index (χ0v) is 11.0. The van der Waals surface area contributed by atoms with Crippen LogP contribution in [0.15, 0.2) is 0 Å². The Hall–Kier alpha value is -0.570. The Bertz CT molecular complexity index is 216. The molecule has 0 aromatic rings. The highest BCUT2D eigenvalue weighted by molar-refractivity contribution is 5.78. The van der Waals surface area contributed by atoms with Gasteiger partial charge in [0, 0.05) is 13.1 Å². The maximum Gasteiger partial charge on any atom is 0.236 e. The molecule has 0 saturated carbocycles. The maximum absolute atomic E-state index is 11.8. The summed E-state index contributed by atoms with van der Waals surface area (Å²) in [7, 11) is 0. The predicted octanol–water partition coefficient (Wildman–Crippen LogP) is 1.88. The molecular weight excluding hydrogens is 200 g/mol. The number of nitrogens with zero attached hydrogens (tertiary/aromatic N) is 1. The highest BCUT2D eigenvalue weighted by atomic mass is 16.2. The molecule has 1 heterocycles. The third-order valence-electron chi connectivity index (χ3n) is 3.59. The number of nitrogens with one attached hydrogen (secondary N) is 1. The van der Waals surface area contributed by atoms with Crippen LogP contribution >= 0.6 is 0 Å². The quantitative estimate of drug-likeness (QED) is 0.794. The average molecular weight is 226 g/mol. The van der Waals surface area contributed by atoms with Crippen molar-refractivity contribution in [3.05, 3.63) is 0 Å². The Morgan fingerprint density at radius 1 is 1.38 bits per heavy atom. The Morgan fingerprint density at radius 3 is 2.75 bits per heavy atom.